The molecular weight excluding hydrogens is 247 g/mol. The molecular formula is C12H7F3NO2-. The predicted octanol–water partition coefficient (Wildman–Crippen LogP) is 1.93. The molecule has 0 fully saturated rings. The van der Waals surface area contributed by atoms with Gasteiger partial charge < -0.3 is 9.90 Å². The van der Waals surface area contributed by atoms with Gasteiger partial charge in [-0.2, -0.15) is 13.2 Å². The minimum Gasteiger partial charge on any atom is -0.545 e. The van der Waals surface area contributed by atoms with Crippen molar-refractivity contribution in [2.45, 2.75) is 13.1 Å². The number of alkyl halides is 3. The number of carboxylic acids is 1. The third kappa shape index (κ3) is 1.90. The van der Waals surface area contributed by atoms with Crippen LogP contribution in [0.4, 0.5) is 13.2 Å². The smallest absolute Gasteiger partial charge is 0.417 e. The van der Waals surface area contributed by atoms with Gasteiger partial charge in [-0.3, -0.25) is 4.98 Å². The van der Waals surface area contributed by atoms with Crippen molar-refractivity contribution in [3.63, 3.8) is 0 Å². The first-order valence-electron chi connectivity index (χ1n) is 4.99. The summed E-state index contributed by atoms with van der Waals surface area (Å²) >= 11 is 0. The van der Waals surface area contributed by atoms with Gasteiger partial charge in [0.05, 0.1) is 17.0 Å². The summed E-state index contributed by atoms with van der Waals surface area (Å²) in [6, 6.07) is 3.01. The Balaban J connectivity index is 2.94. The molecule has 0 radical (unpaired) electrons. The first-order chi connectivity index (χ1) is 8.32. The van der Waals surface area contributed by atoms with E-state index in [2.05, 4.69) is 4.98 Å². The topological polar surface area (TPSA) is 53.0 Å². The fourth-order valence-corrected chi connectivity index (χ4v) is 1.83. The Kier molecular flexibility index (Phi) is 2.73. The van der Waals surface area contributed by atoms with E-state index in [1.165, 1.54) is 19.2 Å². The number of aromatic carboxylic acids is 1. The van der Waals surface area contributed by atoms with E-state index in [1.807, 2.05) is 0 Å². The van der Waals surface area contributed by atoms with Crippen LogP contribution in [0.1, 0.15) is 21.5 Å². The summed E-state index contributed by atoms with van der Waals surface area (Å²) in [7, 11) is 0. The number of rotatable bonds is 1. The molecule has 2 rings (SSSR count). The molecule has 0 aliphatic rings. The van der Waals surface area contributed by atoms with Gasteiger partial charge in [0.2, 0.25) is 0 Å². The van der Waals surface area contributed by atoms with Gasteiger partial charge in [-0.05, 0) is 24.6 Å². The normalized spacial score (nSPS) is 11.8. The van der Waals surface area contributed by atoms with Crippen molar-refractivity contribution in [3.8, 4) is 0 Å². The first kappa shape index (κ1) is 12.3. The van der Waals surface area contributed by atoms with E-state index in [-0.39, 0.29) is 16.5 Å². The average Bonchev–Trinajstić information content (AvgIpc) is 2.26. The Morgan fingerprint density at radius 1 is 1.28 bits per heavy atom. The number of pyridine rings is 1. The minimum absolute atomic E-state index is 0.202. The second-order valence-corrected chi connectivity index (χ2v) is 3.80. The maximum absolute atomic E-state index is 12.8. The zero-order valence-corrected chi connectivity index (χ0v) is 9.21. The zero-order valence-electron chi connectivity index (χ0n) is 9.21. The van der Waals surface area contributed by atoms with Gasteiger partial charge in [-0.25, -0.2) is 0 Å². The number of hydrogen-bond acceptors (Lipinski definition) is 3. The number of hydrogen-bond donors (Lipinski definition) is 0. The van der Waals surface area contributed by atoms with Crippen LogP contribution in [0.25, 0.3) is 10.9 Å². The number of nitrogens with zero attached hydrogens (tertiary/aromatic N) is 1. The van der Waals surface area contributed by atoms with Crippen molar-refractivity contribution in [1.82, 2.24) is 4.98 Å². The van der Waals surface area contributed by atoms with Crippen molar-refractivity contribution in [2.24, 2.45) is 0 Å². The lowest BCUT2D eigenvalue weighted by molar-refractivity contribution is -0.254. The molecule has 0 atom stereocenters. The van der Waals surface area contributed by atoms with Crippen LogP contribution in [-0.4, -0.2) is 11.0 Å². The van der Waals surface area contributed by atoms with Gasteiger partial charge in [0.15, 0.2) is 0 Å². The predicted molar refractivity (Wildman–Crippen MR) is 55.8 cm³/mol. The van der Waals surface area contributed by atoms with Gasteiger partial charge in [0.25, 0.3) is 0 Å². The van der Waals surface area contributed by atoms with Gasteiger partial charge in [0.1, 0.15) is 0 Å². The second-order valence-electron chi connectivity index (χ2n) is 3.80. The lowest BCUT2D eigenvalue weighted by atomic mass is 10.00. The van der Waals surface area contributed by atoms with Crippen LogP contribution >= 0.6 is 0 Å². The second kappa shape index (κ2) is 3.97. The molecule has 1 heterocycles. The van der Waals surface area contributed by atoms with Crippen LogP contribution in [0.15, 0.2) is 24.4 Å². The minimum atomic E-state index is -4.56. The summed E-state index contributed by atoms with van der Waals surface area (Å²) in [5.41, 5.74) is -1.13. The molecule has 0 amide bonds. The van der Waals surface area contributed by atoms with E-state index in [4.69, 9.17) is 0 Å². The van der Waals surface area contributed by atoms with Crippen LogP contribution in [0.5, 0.6) is 0 Å². The SMILES string of the molecule is Cc1ccnc2c(C(=O)[O-])ccc(C(F)(F)F)c12. The fraction of sp³-hybridized carbons (Fsp3) is 0.167. The number of carboxylic acid groups (broad SMARTS) is 1. The van der Waals surface area contributed by atoms with Crippen molar-refractivity contribution < 1.29 is 23.1 Å². The quantitative estimate of drug-likeness (QED) is 0.781. The number of aryl methyl sites for hydroxylation is 1. The molecule has 1 aromatic carbocycles. The number of fused-ring (bicyclic) bond motifs is 1. The monoisotopic (exact) mass is 254 g/mol. The van der Waals surface area contributed by atoms with Crippen molar-refractivity contribution in [1.29, 1.82) is 0 Å². The molecule has 0 spiro atoms. The van der Waals surface area contributed by atoms with Crippen LogP contribution in [-0.2, 0) is 6.18 Å². The highest BCUT2D eigenvalue weighted by atomic mass is 19.4. The summed E-state index contributed by atoms with van der Waals surface area (Å²) in [5.74, 6) is -1.55. The molecule has 0 saturated carbocycles. The number of halogens is 3. The van der Waals surface area contributed by atoms with E-state index in [0.29, 0.717) is 5.56 Å². The van der Waals surface area contributed by atoms with E-state index >= 15 is 0 Å². The van der Waals surface area contributed by atoms with E-state index in [9.17, 15) is 23.1 Å². The highest BCUT2D eigenvalue weighted by molar-refractivity contribution is 6.02. The van der Waals surface area contributed by atoms with E-state index < -0.39 is 17.7 Å². The van der Waals surface area contributed by atoms with Crippen molar-refractivity contribution >= 4 is 16.9 Å². The number of carbonyl (C=O) groups excluding carboxylic acids is 1. The fourth-order valence-electron chi connectivity index (χ4n) is 1.83. The van der Waals surface area contributed by atoms with Crippen LogP contribution in [0, 0.1) is 6.92 Å². The maximum atomic E-state index is 12.8. The third-order valence-corrected chi connectivity index (χ3v) is 2.63. The average molecular weight is 254 g/mol. The standard InChI is InChI=1S/C12H8F3NO2/c1-6-4-5-16-10-7(11(17)18)2-3-8(9(6)10)12(13,14)15/h2-5H,1H3,(H,17,18)/p-1. The number of benzene rings is 1. The molecule has 0 N–H and O–H groups in total. The molecule has 6 heteroatoms. The number of aromatic nitrogens is 1. The summed E-state index contributed by atoms with van der Waals surface area (Å²) in [6.45, 7) is 1.47. The van der Waals surface area contributed by atoms with Gasteiger partial charge in [0, 0.05) is 17.1 Å². The molecule has 18 heavy (non-hydrogen) atoms. The van der Waals surface area contributed by atoms with Crippen LogP contribution in [0.2, 0.25) is 0 Å². The Bertz CT molecular complexity index is 635. The third-order valence-electron chi connectivity index (χ3n) is 2.63. The molecule has 94 valence electrons. The summed E-state index contributed by atoms with van der Waals surface area (Å²) < 4.78 is 38.5. The lowest BCUT2D eigenvalue weighted by Crippen LogP contribution is -2.23. The van der Waals surface area contributed by atoms with Gasteiger partial charge in [-0.15, -0.1) is 0 Å². The molecule has 0 bridgehead atoms. The highest BCUT2D eigenvalue weighted by Crippen LogP contribution is 2.36. The van der Waals surface area contributed by atoms with Crippen molar-refractivity contribution in [3.05, 3.63) is 41.1 Å². The van der Waals surface area contributed by atoms with E-state index in [1.54, 1.807) is 0 Å². The molecule has 0 aliphatic heterocycles. The molecule has 0 saturated heterocycles. The lowest BCUT2D eigenvalue weighted by Gasteiger charge is -2.14. The van der Waals surface area contributed by atoms with Crippen LogP contribution < -0.4 is 5.11 Å². The summed E-state index contributed by atoms with van der Waals surface area (Å²) in [4.78, 5) is 14.6. The maximum Gasteiger partial charge on any atom is 0.417 e. The van der Waals surface area contributed by atoms with Gasteiger partial charge >= 0.3 is 6.18 Å². The molecule has 0 aliphatic carbocycles. The molecule has 2 aromatic rings. The largest absolute Gasteiger partial charge is 0.545 e. The van der Waals surface area contributed by atoms with Gasteiger partial charge in [-0.1, -0.05) is 6.07 Å². The number of carbonyl (C=O) groups is 1. The molecule has 3 nitrogen and oxygen atoms in total. The zero-order chi connectivity index (χ0) is 13.5. The first-order valence-corrected chi connectivity index (χ1v) is 4.99. The Labute approximate surface area is 99.9 Å². The Hall–Kier alpha value is -2.11. The van der Waals surface area contributed by atoms with E-state index in [0.717, 1.165) is 12.1 Å². The summed E-state index contributed by atoms with van der Waals surface area (Å²) in [6.07, 6.45) is -3.29. The summed E-state index contributed by atoms with van der Waals surface area (Å²) in [5, 5.41) is 10.7. The Morgan fingerprint density at radius 3 is 2.50 bits per heavy atom. The molecule has 0 unspecified atom stereocenters. The van der Waals surface area contributed by atoms with Crippen molar-refractivity contribution in [2.75, 3.05) is 0 Å². The highest BCUT2D eigenvalue weighted by Gasteiger charge is 2.33. The molecule has 1 aromatic heterocycles. The Morgan fingerprint density at radius 2 is 1.94 bits per heavy atom. The van der Waals surface area contributed by atoms with Crippen LogP contribution in [0.3, 0.4) is 0 Å².